The van der Waals surface area contributed by atoms with Crippen LogP contribution in [0.1, 0.15) is 296 Å². The van der Waals surface area contributed by atoms with E-state index in [-0.39, 0.29) is 32.0 Å². The van der Waals surface area contributed by atoms with Crippen LogP contribution >= 0.6 is 7.82 Å². The number of allylic oxidation sites excluding steroid dienone is 8. The highest BCUT2D eigenvalue weighted by atomic mass is 31.2. The molecule has 0 heterocycles. The molecule has 2 atom stereocenters. The highest BCUT2D eigenvalue weighted by Gasteiger charge is 2.22. The Kier molecular flexibility index (Phi) is 54.2. The van der Waals surface area contributed by atoms with Crippen molar-refractivity contribution in [2.24, 2.45) is 0 Å². The highest BCUT2D eigenvalue weighted by Crippen LogP contribution is 2.38. The van der Waals surface area contributed by atoms with Crippen molar-refractivity contribution in [1.29, 1.82) is 0 Å². The lowest BCUT2D eigenvalue weighted by atomic mass is 10.0. The van der Waals surface area contributed by atoms with E-state index in [4.69, 9.17) is 18.5 Å². The van der Waals surface area contributed by atoms with Gasteiger partial charge in [0, 0.05) is 12.8 Å². The molecule has 0 aromatic heterocycles. The summed E-state index contributed by atoms with van der Waals surface area (Å²) in [6.45, 7) is 4.17. The van der Waals surface area contributed by atoms with Crippen molar-refractivity contribution in [1.82, 2.24) is 0 Å². The SMILES string of the molecule is CC/C=C\C/C=C\C/C=C\C/C=C\CCCCCCCCCCCCCCCCCCCCCCCCC(=O)OC(COC(=O)CCCCCCCCCCCCCCCCC)COP(=O)([O-])OCC[N+](C)(C)C. The van der Waals surface area contributed by atoms with E-state index in [0.29, 0.717) is 17.4 Å². The van der Waals surface area contributed by atoms with Gasteiger partial charge >= 0.3 is 11.9 Å². The molecule has 2 unspecified atom stereocenters. The Bertz CT molecular complexity index is 1390. The Labute approximate surface area is 458 Å². The molecule has 0 radical (unpaired) electrons. The number of nitrogens with zero attached hydrogens (tertiary/aromatic N) is 1. The number of phosphoric acid groups is 1. The molecule has 0 amide bonds. The Hall–Kier alpha value is -2.03. The highest BCUT2D eigenvalue weighted by molar-refractivity contribution is 7.45. The minimum Gasteiger partial charge on any atom is -0.756 e. The Morgan fingerprint density at radius 1 is 0.432 bits per heavy atom. The monoisotopic (exact) mass is 1060 g/mol. The first-order chi connectivity index (χ1) is 36.0. The van der Waals surface area contributed by atoms with Crippen LogP contribution in [0, 0.1) is 0 Å². The fourth-order valence-electron chi connectivity index (χ4n) is 9.06. The van der Waals surface area contributed by atoms with Crippen molar-refractivity contribution in [2.75, 3.05) is 47.5 Å². The zero-order valence-electron chi connectivity index (χ0n) is 49.3. The number of quaternary nitrogens is 1. The maximum Gasteiger partial charge on any atom is 0.306 e. The number of hydrogen-bond donors (Lipinski definition) is 0. The molecule has 0 bridgehead atoms. The molecule has 0 N–H and O–H groups in total. The molecule has 0 saturated carbocycles. The number of carbonyl (C=O) groups is 2. The van der Waals surface area contributed by atoms with Crippen LogP contribution in [0.5, 0.6) is 0 Å². The predicted molar refractivity (Wildman–Crippen MR) is 314 cm³/mol. The van der Waals surface area contributed by atoms with Gasteiger partial charge in [0.1, 0.15) is 19.8 Å². The summed E-state index contributed by atoms with van der Waals surface area (Å²) in [5, 5.41) is 0. The van der Waals surface area contributed by atoms with E-state index in [9.17, 15) is 19.0 Å². The first-order valence-corrected chi connectivity index (χ1v) is 32.8. The Morgan fingerprint density at radius 2 is 0.770 bits per heavy atom. The van der Waals surface area contributed by atoms with Crippen LogP contribution in [-0.2, 0) is 32.7 Å². The van der Waals surface area contributed by atoms with Crippen LogP contribution < -0.4 is 4.89 Å². The molecule has 0 rings (SSSR count). The number of esters is 2. The lowest BCUT2D eigenvalue weighted by Crippen LogP contribution is -2.37. The number of rotatable bonds is 58. The van der Waals surface area contributed by atoms with Gasteiger partial charge in [0.25, 0.3) is 7.82 Å². The molecule has 0 aliphatic rings. The van der Waals surface area contributed by atoms with Gasteiger partial charge in [-0.3, -0.25) is 14.2 Å². The van der Waals surface area contributed by atoms with Gasteiger partial charge in [0.05, 0.1) is 27.7 Å². The largest absolute Gasteiger partial charge is 0.756 e. The molecule has 0 aromatic carbocycles. The Morgan fingerprint density at radius 3 is 1.15 bits per heavy atom. The fourth-order valence-corrected chi connectivity index (χ4v) is 9.79. The van der Waals surface area contributed by atoms with Crippen LogP contribution in [-0.4, -0.2) is 70.0 Å². The van der Waals surface area contributed by atoms with Crippen molar-refractivity contribution in [3.63, 3.8) is 0 Å². The van der Waals surface area contributed by atoms with E-state index in [1.807, 2.05) is 21.1 Å². The summed E-state index contributed by atoms with van der Waals surface area (Å²) in [5.41, 5.74) is 0. The molecule has 0 saturated heterocycles. The average molecular weight is 1060 g/mol. The van der Waals surface area contributed by atoms with Gasteiger partial charge in [-0.25, -0.2) is 0 Å². The van der Waals surface area contributed by atoms with Crippen molar-refractivity contribution in [3.05, 3.63) is 48.6 Å². The third-order valence-corrected chi connectivity index (χ3v) is 14.8. The van der Waals surface area contributed by atoms with E-state index in [1.165, 1.54) is 205 Å². The summed E-state index contributed by atoms with van der Waals surface area (Å²) in [5.74, 6) is -0.816. The second-order valence-electron chi connectivity index (χ2n) is 22.4. The van der Waals surface area contributed by atoms with Crippen molar-refractivity contribution >= 4 is 19.8 Å². The molecule has 434 valence electrons. The molecule has 0 fully saturated rings. The van der Waals surface area contributed by atoms with Crippen LogP contribution in [0.4, 0.5) is 0 Å². The number of likely N-dealkylation sites (N-methyl/N-ethyl adjacent to an activating group) is 1. The van der Waals surface area contributed by atoms with Crippen molar-refractivity contribution in [3.8, 4) is 0 Å². The minimum atomic E-state index is -4.63. The molecule has 0 aromatic rings. The molecular formula is C64H120NO8P. The third kappa shape index (κ3) is 59.2. The lowest BCUT2D eigenvalue weighted by molar-refractivity contribution is -0.870. The van der Waals surface area contributed by atoms with E-state index >= 15 is 0 Å². The number of carbonyl (C=O) groups excluding carboxylic acids is 2. The smallest absolute Gasteiger partial charge is 0.306 e. The van der Waals surface area contributed by atoms with Gasteiger partial charge in [0.15, 0.2) is 6.10 Å². The summed E-state index contributed by atoms with van der Waals surface area (Å²) in [6, 6.07) is 0. The summed E-state index contributed by atoms with van der Waals surface area (Å²) in [7, 11) is 1.18. The summed E-state index contributed by atoms with van der Waals surface area (Å²) in [6.07, 6.45) is 70.4. The van der Waals surface area contributed by atoms with Crippen LogP contribution in [0.3, 0.4) is 0 Å². The second kappa shape index (κ2) is 55.7. The van der Waals surface area contributed by atoms with Gasteiger partial charge in [-0.1, -0.05) is 281 Å². The molecule has 10 heteroatoms. The van der Waals surface area contributed by atoms with E-state index in [1.54, 1.807) is 0 Å². The first kappa shape index (κ1) is 72.0. The molecule has 0 aliphatic heterocycles. The second-order valence-corrected chi connectivity index (χ2v) is 23.8. The molecule has 9 nitrogen and oxygen atoms in total. The quantitative estimate of drug-likeness (QED) is 0.0195. The molecule has 0 aliphatic carbocycles. The molecular weight excluding hydrogens is 942 g/mol. The lowest BCUT2D eigenvalue weighted by Gasteiger charge is -2.28. The number of phosphoric ester groups is 1. The average Bonchev–Trinajstić information content (AvgIpc) is 3.36. The predicted octanol–water partition coefficient (Wildman–Crippen LogP) is 19.1. The van der Waals surface area contributed by atoms with E-state index in [0.717, 1.165) is 57.8 Å². The molecule has 74 heavy (non-hydrogen) atoms. The summed E-state index contributed by atoms with van der Waals surface area (Å²) in [4.78, 5) is 37.9. The first-order valence-electron chi connectivity index (χ1n) is 31.3. The van der Waals surface area contributed by atoms with Gasteiger partial charge in [-0.2, -0.15) is 0 Å². The zero-order chi connectivity index (χ0) is 54.2. The normalized spacial score (nSPS) is 13.5. The minimum absolute atomic E-state index is 0.0279. The van der Waals surface area contributed by atoms with Crippen molar-refractivity contribution < 1.29 is 42.1 Å². The van der Waals surface area contributed by atoms with E-state index < -0.39 is 26.5 Å². The van der Waals surface area contributed by atoms with Gasteiger partial charge in [-0.15, -0.1) is 0 Å². The van der Waals surface area contributed by atoms with Gasteiger partial charge in [0.2, 0.25) is 0 Å². The van der Waals surface area contributed by atoms with Gasteiger partial charge in [-0.05, 0) is 51.4 Å². The summed E-state index contributed by atoms with van der Waals surface area (Å²) >= 11 is 0. The third-order valence-electron chi connectivity index (χ3n) is 13.9. The number of ether oxygens (including phenoxy) is 2. The van der Waals surface area contributed by atoms with Crippen molar-refractivity contribution in [2.45, 2.75) is 302 Å². The Balaban J connectivity index is 3.96. The fraction of sp³-hybridized carbons (Fsp3) is 0.844. The standard InChI is InChI=1S/C64H120NO8P/c1-6-8-10-12-14-16-18-20-22-23-24-25-26-27-28-29-30-31-32-33-34-35-36-37-38-39-40-41-43-45-47-49-51-53-55-57-64(67)73-62(61-72-74(68,69)71-59-58-65(3,4)5)60-70-63(66)56-54-52-50-48-46-44-42-21-19-17-15-13-11-9-7-2/h8,10,14,16,20,22,24-25,62H,6-7,9,11-13,15,17-19,21,23,26-61H2,1-5H3/b10-8-,16-14-,22-20-,25-24-. The maximum absolute atomic E-state index is 12.8. The van der Waals surface area contributed by atoms with Crippen LogP contribution in [0.25, 0.3) is 0 Å². The summed E-state index contributed by atoms with van der Waals surface area (Å²) < 4.78 is 34.2. The maximum atomic E-state index is 12.8. The topological polar surface area (TPSA) is 111 Å². The molecule has 0 spiro atoms. The number of hydrogen-bond acceptors (Lipinski definition) is 8. The van der Waals surface area contributed by atoms with E-state index in [2.05, 4.69) is 62.5 Å². The number of unbranched alkanes of at least 4 members (excludes halogenated alkanes) is 36. The zero-order valence-corrected chi connectivity index (χ0v) is 50.2. The van der Waals surface area contributed by atoms with Gasteiger partial charge < -0.3 is 27.9 Å². The van der Waals surface area contributed by atoms with Crippen LogP contribution in [0.2, 0.25) is 0 Å². The van der Waals surface area contributed by atoms with Crippen LogP contribution in [0.15, 0.2) is 48.6 Å².